The first-order valence-corrected chi connectivity index (χ1v) is 7.26. The molecule has 1 unspecified atom stereocenters. The average Bonchev–Trinajstić information content (AvgIpc) is 3.19. The third-order valence-corrected chi connectivity index (χ3v) is 4.09. The predicted molar refractivity (Wildman–Crippen MR) is 80.8 cm³/mol. The highest BCUT2D eigenvalue weighted by molar-refractivity contribution is 5.93. The number of carbonyl (C=O) groups excluding carboxylic acids is 1. The molecular formula is C16H20N4O. The highest BCUT2D eigenvalue weighted by atomic mass is 16.2. The van der Waals surface area contributed by atoms with Gasteiger partial charge in [-0.15, -0.1) is 0 Å². The van der Waals surface area contributed by atoms with Gasteiger partial charge in [-0.3, -0.25) is 14.8 Å². The van der Waals surface area contributed by atoms with Crippen molar-refractivity contribution in [3.63, 3.8) is 0 Å². The summed E-state index contributed by atoms with van der Waals surface area (Å²) in [5, 5.41) is 6.53. The molecule has 110 valence electrons. The van der Waals surface area contributed by atoms with E-state index in [0.717, 1.165) is 26.1 Å². The van der Waals surface area contributed by atoms with E-state index in [4.69, 9.17) is 0 Å². The van der Waals surface area contributed by atoms with Gasteiger partial charge in [0.2, 0.25) is 0 Å². The van der Waals surface area contributed by atoms with Crippen molar-refractivity contribution in [2.45, 2.75) is 19.0 Å². The third kappa shape index (κ3) is 3.13. The molecule has 0 aliphatic carbocycles. The van der Waals surface area contributed by atoms with Crippen LogP contribution in [0.1, 0.15) is 22.3 Å². The number of benzene rings is 1. The zero-order valence-electron chi connectivity index (χ0n) is 12.2. The van der Waals surface area contributed by atoms with Crippen LogP contribution in [-0.4, -0.2) is 52.1 Å². The number of rotatable bonds is 4. The maximum Gasteiger partial charge on any atom is 0.257 e. The monoisotopic (exact) mass is 284 g/mol. The number of hydrogen-bond donors (Lipinski definition) is 1. The Morgan fingerprint density at radius 2 is 2.24 bits per heavy atom. The van der Waals surface area contributed by atoms with E-state index in [1.165, 1.54) is 5.56 Å². The van der Waals surface area contributed by atoms with Crippen LogP contribution in [0, 0.1) is 0 Å². The van der Waals surface area contributed by atoms with E-state index < -0.39 is 0 Å². The normalized spacial score (nSPS) is 18.4. The van der Waals surface area contributed by atoms with Crippen LogP contribution >= 0.6 is 0 Å². The molecule has 1 aromatic heterocycles. The molecule has 1 aliphatic heterocycles. The van der Waals surface area contributed by atoms with Gasteiger partial charge in [-0.1, -0.05) is 30.3 Å². The van der Waals surface area contributed by atoms with Crippen molar-refractivity contribution in [3.8, 4) is 0 Å². The van der Waals surface area contributed by atoms with Gasteiger partial charge in [0.1, 0.15) is 0 Å². The zero-order chi connectivity index (χ0) is 14.7. The molecule has 1 aliphatic rings. The summed E-state index contributed by atoms with van der Waals surface area (Å²) >= 11 is 0. The summed E-state index contributed by atoms with van der Waals surface area (Å²) in [7, 11) is 2.13. The Morgan fingerprint density at radius 3 is 2.95 bits per heavy atom. The lowest BCUT2D eigenvalue weighted by Gasteiger charge is -2.24. The number of hydrogen-bond acceptors (Lipinski definition) is 3. The molecule has 0 saturated carbocycles. The highest BCUT2D eigenvalue weighted by Crippen LogP contribution is 2.18. The molecule has 1 N–H and O–H groups in total. The van der Waals surface area contributed by atoms with Crippen molar-refractivity contribution >= 4 is 5.91 Å². The standard InChI is InChI=1S/C16H20N4O/c1-19(11-13-5-3-2-4-6-13)15-7-8-20(12-15)16(21)14-9-17-18-10-14/h2-6,9-10,15H,7-8,11-12H2,1H3,(H,17,18). The van der Waals surface area contributed by atoms with Gasteiger partial charge in [-0.2, -0.15) is 5.10 Å². The first kappa shape index (κ1) is 13.8. The second kappa shape index (κ2) is 6.10. The first-order chi connectivity index (χ1) is 10.2. The molecule has 5 nitrogen and oxygen atoms in total. The molecule has 1 amide bonds. The Balaban J connectivity index is 1.58. The van der Waals surface area contributed by atoms with Crippen LogP contribution in [-0.2, 0) is 6.54 Å². The largest absolute Gasteiger partial charge is 0.337 e. The first-order valence-electron chi connectivity index (χ1n) is 7.26. The summed E-state index contributed by atoms with van der Waals surface area (Å²) in [6.45, 7) is 2.51. The van der Waals surface area contributed by atoms with E-state index in [2.05, 4.69) is 46.4 Å². The number of amides is 1. The number of nitrogens with zero attached hydrogens (tertiary/aromatic N) is 3. The number of likely N-dealkylation sites (tertiary alicyclic amines) is 1. The van der Waals surface area contributed by atoms with Gasteiger partial charge in [0.15, 0.2) is 0 Å². The molecule has 1 saturated heterocycles. The number of nitrogens with one attached hydrogen (secondary N) is 1. The lowest BCUT2D eigenvalue weighted by atomic mass is 10.1. The van der Waals surface area contributed by atoms with Gasteiger partial charge in [0.25, 0.3) is 5.91 Å². The Bertz CT molecular complexity index is 582. The number of aromatic amines is 1. The fraction of sp³-hybridized carbons (Fsp3) is 0.375. The minimum atomic E-state index is 0.0689. The van der Waals surface area contributed by atoms with Crippen molar-refractivity contribution in [1.82, 2.24) is 20.0 Å². The molecule has 5 heteroatoms. The molecule has 2 heterocycles. The summed E-state index contributed by atoms with van der Waals surface area (Å²) < 4.78 is 0. The summed E-state index contributed by atoms with van der Waals surface area (Å²) in [6.07, 6.45) is 4.26. The van der Waals surface area contributed by atoms with Gasteiger partial charge in [0, 0.05) is 31.9 Å². The molecule has 0 radical (unpaired) electrons. The molecule has 1 fully saturated rings. The van der Waals surface area contributed by atoms with Gasteiger partial charge in [-0.25, -0.2) is 0 Å². The molecule has 0 spiro atoms. The molecule has 2 aromatic rings. The molecule has 1 atom stereocenters. The summed E-state index contributed by atoms with van der Waals surface area (Å²) in [5.41, 5.74) is 1.95. The topological polar surface area (TPSA) is 52.2 Å². The smallest absolute Gasteiger partial charge is 0.257 e. The van der Waals surface area contributed by atoms with Crippen molar-refractivity contribution < 1.29 is 4.79 Å². The van der Waals surface area contributed by atoms with Crippen molar-refractivity contribution in [1.29, 1.82) is 0 Å². The van der Waals surface area contributed by atoms with Gasteiger partial charge < -0.3 is 4.90 Å². The van der Waals surface area contributed by atoms with Crippen LogP contribution in [0.15, 0.2) is 42.7 Å². The maximum atomic E-state index is 12.3. The fourth-order valence-corrected chi connectivity index (χ4v) is 2.84. The van der Waals surface area contributed by atoms with Crippen molar-refractivity contribution in [3.05, 3.63) is 53.9 Å². The lowest BCUT2D eigenvalue weighted by molar-refractivity contribution is 0.0779. The third-order valence-electron chi connectivity index (χ3n) is 4.09. The second-order valence-electron chi connectivity index (χ2n) is 5.58. The highest BCUT2D eigenvalue weighted by Gasteiger charge is 2.29. The van der Waals surface area contributed by atoms with E-state index in [9.17, 15) is 4.79 Å². The molecular weight excluding hydrogens is 264 g/mol. The van der Waals surface area contributed by atoms with Crippen LogP contribution in [0.25, 0.3) is 0 Å². The summed E-state index contributed by atoms with van der Waals surface area (Å²) in [4.78, 5) is 16.5. The van der Waals surface area contributed by atoms with Crippen LogP contribution in [0.5, 0.6) is 0 Å². The maximum absolute atomic E-state index is 12.3. The molecule has 0 bridgehead atoms. The Hall–Kier alpha value is -2.14. The molecule has 1 aromatic carbocycles. The van der Waals surface area contributed by atoms with E-state index in [1.807, 2.05) is 11.0 Å². The van der Waals surface area contributed by atoms with Crippen molar-refractivity contribution in [2.24, 2.45) is 0 Å². The van der Waals surface area contributed by atoms with Crippen molar-refractivity contribution in [2.75, 3.05) is 20.1 Å². The number of likely N-dealkylation sites (N-methyl/N-ethyl adjacent to an activating group) is 1. The SMILES string of the molecule is CN(Cc1ccccc1)C1CCN(C(=O)c2cn[nH]c2)C1. The van der Waals surface area contributed by atoms with Gasteiger partial charge in [-0.05, 0) is 19.0 Å². The average molecular weight is 284 g/mol. The number of carbonyl (C=O) groups is 1. The fourth-order valence-electron chi connectivity index (χ4n) is 2.84. The van der Waals surface area contributed by atoms with Crippen LogP contribution < -0.4 is 0 Å². The molecule has 21 heavy (non-hydrogen) atoms. The second-order valence-corrected chi connectivity index (χ2v) is 5.58. The Morgan fingerprint density at radius 1 is 1.43 bits per heavy atom. The van der Waals surface area contributed by atoms with Gasteiger partial charge >= 0.3 is 0 Å². The Labute approximate surface area is 124 Å². The molecule has 3 rings (SSSR count). The minimum Gasteiger partial charge on any atom is -0.337 e. The zero-order valence-corrected chi connectivity index (χ0v) is 12.2. The van der Waals surface area contributed by atoms with Crippen LogP contribution in [0.3, 0.4) is 0 Å². The van der Waals surface area contributed by atoms with Gasteiger partial charge in [0.05, 0.1) is 11.8 Å². The van der Waals surface area contributed by atoms with Crippen LogP contribution in [0.4, 0.5) is 0 Å². The lowest BCUT2D eigenvalue weighted by Crippen LogP contribution is -2.36. The van der Waals surface area contributed by atoms with E-state index in [1.54, 1.807) is 12.4 Å². The Kier molecular flexibility index (Phi) is 4.01. The van der Waals surface area contributed by atoms with E-state index in [0.29, 0.717) is 11.6 Å². The van der Waals surface area contributed by atoms with E-state index >= 15 is 0 Å². The minimum absolute atomic E-state index is 0.0689. The predicted octanol–water partition coefficient (Wildman–Crippen LogP) is 1.76. The quantitative estimate of drug-likeness (QED) is 0.930. The summed E-state index contributed by atoms with van der Waals surface area (Å²) in [5.74, 6) is 0.0689. The number of H-pyrrole nitrogens is 1. The number of aromatic nitrogens is 2. The van der Waals surface area contributed by atoms with Crippen LogP contribution in [0.2, 0.25) is 0 Å². The van der Waals surface area contributed by atoms with E-state index in [-0.39, 0.29) is 5.91 Å². The summed E-state index contributed by atoms with van der Waals surface area (Å²) in [6, 6.07) is 10.9.